The van der Waals surface area contributed by atoms with Gasteiger partial charge in [0.25, 0.3) is 0 Å². The van der Waals surface area contributed by atoms with Crippen LogP contribution in [0, 0.1) is 5.41 Å². The van der Waals surface area contributed by atoms with Crippen molar-refractivity contribution in [2.24, 2.45) is 5.41 Å². The second-order valence-corrected chi connectivity index (χ2v) is 10.6. The van der Waals surface area contributed by atoms with Gasteiger partial charge in [0.05, 0.1) is 22.4 Å². The molecule has 1 aromatic carbocycles. The fraction of sp³-hybridized carbons (Fsp3) is 0.357. The van der Waals surface area contributed by atoms with E-state index in [4.69, 9.17) is 16.0 Å². The zero-order valence-electron chi connectivity index (χ0n) is 20.4. The summed E-state index contributed by atoms with van der Waals surface area (Å²) in [6.45, 7) is 11.9. The van der Waals surface area contributed by atoms with Gasteiger partial charge in [0, 0.05) is 42.2 Å². The highest BCUT2D eigenvalue weighted by molar-refractivity contribution is 6.30. The summed E-state index contributed by atoms with van der Waals surface area (Å²) in [5, 5.41) is 1.73. The van der Waals surface area contributed by atoms with Crippen LogP contribution in [-0.2, 0) is 16.1 Å². The standard InChI is InChI=1S/C28H30ClN3O3/c1-5-22-23-13-26-24(14-25(35-26)19-8-10-20(29)11-9-19)32(23)18(2)31(22)17-28(3,4)15-27(34)30-12-6-7-21(30)16-33/h5,8-11,13-14,16,21H,2,6-7,12,15,17H2,1,3-4H3/b22-5+. The predicted octanol–water partition coefficient (Wildman–Crippen LogP) is 4.62. The number of aldehydes is 1. The number of amides is 1. The molecule has 0 saturated carbocycles. The lowest BCUT2D eigenvalue weighted by Gasteiger charge is -2.29. The summed E-state index contributed by atoms with van der Waals surface area (Å²) in [7, 11) is 0. The Morgan fingerprint density at radius 3 is 2.66 bits per heavy atom. The van der Waals surface area contributed by atoms with Gasteiger partial charge in [-0.05, 0) is 49.4 Å². The van der Waals surface area contributed by atoms with Gasteiger partial charge in [-0.1, -0.05) is 38.1 Å². The van der Waals surface area contributed by atoms with Crippen molar-refractivity contribution in [1.29, 1.82) is 0 Å². The number of fused-ring (bicyclic) bond motifs is 3. The minimum atomic E-state index is -0.321. The number of carbonyl (C=O) groups is 2. The Bertz CT molecular complexity index is 1540. The van der Waals surface area contributed by atoms with Gasteiger partial charge in [-0.15, -0.1) is 0 Å². The molecule has 0 aliphatic carbocycles. The number of likely N-dealkylation sites (tertiary alicyclic amines) is 1. The summed E-state index contributed by atoms with van der Waals surface area (Å²) in [4.78, 5) is 26.1. The third kappa shape index (κ3) is 4.10. The second kappa shape index (κ2) is 8.76. The van der Waals surface area contributed by atoms with Gasteiger partial charge >= 0.3 is 0 Å². The summed E-state index contributed by atoms with van der Waals surface area (Å²) in [5.74, 6) is 0.817. The first kappa shape index (κ1) is 23.5. The summed E-state index contributed by atoms with van der Waals surface area (Å²) >= 11 is 6.04. The number of hydrogen-bond acceptors (Lipinski definition) is 3. The predicted molar refractivity (Wildman–Crippen MR) is 140 cm³/mol. The lowest BCUT2D eigenvalue weighted by molar-refractivity contribution is -0.136. The topological polar surface area (TPSA) is 59.9 Å². The number of nitrogens with zero attached hydrogens (tertiary/aromatic N) is 3. The molecule has 3 aromatic heterocycles. The van der Waals surface area contributed by atoms with E-state index in [1.165, 1.54) is 0 Å². The highest BCUT2D eigenvalue weighted by atomic mass is 35.5. The van der Waals surface area contributed by atoms with E-state index < -0.39 is 0 Å². The van der Waals surface area contributed by atoms with Crippen molar-refractivity contribution >= 4 is 53.1 Å². The molecule has 1 aliphatic rings. The van der Waals surface area contributed by atoms with Gasteiger partial charge in [0.1, 0.15) is 17.5 Å². The van der Waals surface area contributed by atoms with Gasteiger partial charge in [-0.25, -0.2) is 0 Å². The third-order valence-corrected chi connectivity index (χ3v) is 7.26. The van der Waals surface area contributed by atoms with Crippen molar-refractivity contribution in [3.05, 3.63) is 52.2 Å². The monoisotopic (exact) mass is 491 g/mol. The van der Waals surface area contributed by atoms with Crippen molar-refractivity contribution in [2.45, 2.75) is 52.6 Å². The third-order valence-electron chi connectivity index (χ3n) is 7.01. The van der Waals surface area contributed by atoms with Crippen LogP contribution in [0.5, 0.6) is 0 Å². The fourth-order valence-electron chi connectivity index (χ4n) is 5.33. The number of furan rings is 1. The lowest BCUT2D eigenvalue weighted by Crippen LogP contribution is -2.41. The van der Waals surface area contributed by atoms with Crippen molar-refractivity contribution in [2.75, 3.05) is 6.54 Å². The van der Waals surface area contributed by atoms with Gasteiger partial charge < -0.3 is 18.7 Å². The van der Waals surface area contributed by atoms with Crippen molar-refractivity contribution in [3.8, 4) is 11.3 Å². The van der Waals surface area contributed by atoms with Crippen LogP contribution in [0.4, 0.5) is 0 Å². The summed E-state index contributed by atoms with van der Waals surface area (Å²) < 4.78 is 10.5. The highest BCUT2D eigenvalue weighted by Gasteiger charge is 2.32. The summed E-state index contributed by atoms with van der Waals surface area (Å²) in [6.07, 6.45) is 4.99. The average molecular weight is 492 g/mol. The number of rotatable bonds is 6. The lowest BCUT2D eigenvalue weighted by atomic mass is 9.88. The molecule has 1 unspecified atom stereocenters. The van der Waals surface area contributed by atoms with Crippen LogP contribution >= 0.6 is 11.6 Å². The quantitative estimate of drug-likeness (QED) is 0.370. The first-order chi connectivity index (χ1) is 16.7. The van der Waals surface area contributed by atoms with Crippen LogP contribution in [-0.4, -0.2) is 38.6 Å². The molecule has 1 atom stereocenters. The molecule has 182 valence electrons. The normalized spacial score (nSPS) is 17.2. The molecule has 0 spiro atoms. The molecule has 0 bridgehead atoms. The first-order valence-corrected chi connectivity index (χ1v) is 12.4. The average Bonchev–Trinajstić information content (AvgIpc) is 3.56. The molecule has 4 heterocycles. The SMILES string of the molecule is C=c1n(CC(C)(C)CC(=O)N2CCCC2C=O)/c(=C/C)c2cc3oc(-c4ccc(Cl)cc4)cc3n12. The van der Waals surface area contributed by atoms with Crippen molar-refractivity contribution in [3.63, 3.8) is 0 Å². The van der Waals surface area contributed by atoms with E-state index in [2.05, 4.69) is 35.5 Å². The van der Waals surface area contributed by atoms with E-state index in [1.54, 1.807) is 4.90 Å². The number of hydrogen-bond donors (Lipinski definition) is 0. The van der Waals surface area contributed by atoms with Gasteiger partial charge in [0.15, 0.2) is 5.58 Å². The molecule has 7 heteroatoms. The highest BCUT2D eigenvalue weighted by Crippen LogP contribution is 2.31. The van der Waals surface area contributed by atoms with Crippen LogP contribution in [0.3, 0.4) is 0 Å². The van der Waals surface area contributed by atoms with Crippen molar-refractivity contribution in [1.82, 2.24) is 13.9 Å². The molecular formula is C28H30ClN3O3. The van der Waals surface area contributed by atoms with E-state index in [9.17, 15) is 9.59 Å². The molecule has 35 heavy (non-hydrogen) atoms. The van der Waals surface area contributed by atoms with Gasteiger partial charge in [0.2, 0.25) is 5.91 Å². The minimum absolute atomic E-state index is 0.0425. The molecule has 6 nitrogen and oxygen atoms in total. The second-order valence-electron chi connectivity index (χ2n) is 10.2. The smallest absolute Gasteiger partial charge is 0.223 e. The maximum Gasteiger partial charge on any atom is 0.223 e. The molecule has 1 fully saturated rings. The molecule has 1 saturated heterocycles. The Balaban J connectivity index is 1.49. The number of carbonyl (C=O) groups excluding carboxylic acids is 2. The Morgan fingerprint density at radius 1 is 1.23 bits per heavy atom. The zero-order valence-corrected chi connectivity index (χ0v) is 21.1. The number of halogens is 1. The molecule has 4 aromatic rings. The van der Waals surface area contributed by atoms with Crippen LogP contribution in [0.2, 0.25) is 5.02 Å². The Hall–Kier alpha value is -3.25. The Labute approximate surface area is 209 Å². The number of benzene rings is 1. The number of imidazole rings is 1. The minimum Gasteiger partial charge on any atom is -0.454 e. The number of aromatic nitrogens is 2. The van der Waals surface area contributed by atoms with Crippen molar-refractivity contribution < 1.29 is 14.0 Å². The van der Waals surface area contributed by atoms with E-state index in [0.717, 1.165) is 57.9 Å². The van der Waals surface area contributed by atoms with Crippen LogP contribution in [0.1, 0.15) is 40.0 Å². The zero-order chi connectivity index (χ0) is 24.9. The fourth-order valence-corrected chi connectivity index (χ4v) is 5.46. The maximum absolute atomic E-state index is 13.0. The van der Waals surface area contributed by atoms with E-state index >= 15 is 0 Å². The van der Waals surface area contributed by atoms with E-state index in [0.29, 0.717) is 24.5 Å². The Kier molecular flexibility index (Phi) is 5.88. The Morgan fingerprint density at radius 2 is 1.97 bits per heavy atom. The van der Waals surface area contributed by atoms with Crippen LogP contribution < -0.4 is 10.8 Å². The summed E-state index contributed by atoms with van der Waals surface area (Å²) in [6, 6.07) is 11.4. The molecule has 5 rings (SSSR count). The van der Waals surface area contributed by atoms with Gasteiger partial charge in [-0.3, -0.25) is 9.20 Å². The van der Waals surface area contributed by atoms with Gasteiger partial charge in [-0.2, -0.15) is 0 Å². The summed E-state index contributed by atoms with van der Waals surface area (Å²) in [5.41, 5.74) is 4.25. The molecule has 1 aliphatic heterocycles. The first-order valence-electron chi connectivity index (χ1n) is 12.0. The van der Waals surface area contributed by atoms with E-state index in [-0.39, 0.29) is 17.4 Å². The molecule has 1 amide bonds. The molecule has 0 radical (unpaired) electrons. The van der Waals surface area contributed by atoms with Crippen LogP contribution in [0.15, 0.2) is 40.8 Å². The maximum atomic E-state index is 13.0. The molecular weight excluding hydrogens is 462 g/mol. The van der Waals surface area contributed by atoms with Crippen LogP contribution in [0.25, 0.3) is 40.6 Å². The largest absolute Gasteiger partial charge is 0.454 e. The molecule has 0 N–H and O–H groups in total. The van der Waals surface area contributed by atoms with E-state index in [1.807, 2.05) is 43.3 Å².